The molecule has 8 heteroatoms. The Morgan fingerprint density at radius 3 is 2.75 bits per heavy atom. The molecule has 2 aromatic rings. The molecule has 82 valence electrons. The number of anilines is 1. The predicted molar refractivity (Wildman–Crippen MR) is 54.6 cm³/mol. The van der Waals surface area contributed by atoms with Crippen LogP contribution in [-0.4, -0.2) is 25.1 Å². The van der Waals surface area contributed by atoms with Gasteiger partial charge in [0.25, 0.3) is 0 Å². The van der Waals surface area contributed by atoms with Gasteiger partial charge in [-0.2, -0.15) is 5.10 Å². The molecular formula is C8H8N6O2. The third-order valence-electron chi connectivity index (χ3n) is 1.84. The molecule has 0 amide bonds. The zero-order chi connectivity index (χ0) is 11.4. The van der Waals surface area contributed by atoms with Crippen LogP contribution < -0.4 is 5.32 Å². The van der Waals surface area contributed by atoms with Crippen molar-refractivity contribution < 1.29 is 4.92 Å². The minimum absolute atomic E-state index is 0.132. The highest BCUT2D eigenvalue weighted by Gasteiger charge is 2.06. The van der Waals surface area contributed by atoms with E-state index in [2.05, 4.69) is 25.5 Å². The standard InChI is InChI=1S/C8H8N6O2/c15-14(16)7-4-10-8(11-5-7)9-3-6-1-2-12-13-6/h1-2,4-5H,3H2,(H,12,13)(H,9,10,11). The minimum Gasteiger partial charge on any atom is -0.349 e. The van der Waals surface area contributed by atoms with Crippen LogP contribution >= 0.6 is 0 Å². The van der Waals surface area contributed by atoms with E-state index in [9.17, 15) is 10.1 Å². The van der Waals surface area contributed by atoms with E-state index in [1.165, 1.54) is 0 Å². The molecule has 2 N–H and O–H groups in total. The van der Waals surface area contributed by atoms with Crippen LogP contribution in [0.5, 0.6) is 0 Å². The first-order valence-electron chi connectivity index (χ1n) is 4.44. The Bertz CT molecular complexity index is 466. The molecule has 0 saturated carbocycles. The van der Waals surface area contributed by atoms with Crippen molar-refractivity contribution in [3.8, 4) is 0 Å². The SMILES string of the molecule is O=[N+]([O-])c1cnc(NCc2ccn[nH]2)nc1. The average Bonchev–Trinajstić information content (AvgIpc) is 2.80. The molecule has 0 atom stereocenters. The summed E-state index contributed by atoms with van der Waals surface area (Å²) in [5, 5.41) is 19.8. The van der Waals surface area contributed by atoms with Crippen LogP contribution in [0.2, 0.25) is 0 Å². The summed E-state index contributed by atoms with van der Waals surface area (Å²) >= 11 is 0. The van der Waals surface area contributed by atoms with Crippen molar-refractivity contribution in [1.82, 2.24) is 20.2 Å². The van der Waals surface area contributed by atoms with Crippen molar-refractivity contribution >= 4 is 11.6 Å². The second-order valence-electron chi connectivity index (χ2n) is 2.96. The molecule has 0 spiro atoms. The van der Waals surface area contributed by atoms with Gasteiger partial charge in [0.2, 0.25) is 5.95 Å². The first kappa shape index (κ1) is 10.0. The summed E-state index contributed by atoms with van der Waals surface area (Å²) in [7, 11) is 0. The monoisotopic (exact) mass is 220 g/mol. The van der Waals surface area contributed by atoms with E-state index in [1.54, 1.807) is 12.3 Å². The molecular weight excluding hydrogens is 212 g/mol. The number of rotatable bonds is 4. The van der Waals surface area contributed by atoms with Gasteiger partial charge in [-0.3, -0.25) is 15.2 Å². The molecule has 0 aliphatic rings. The molecule has 0 radical (unpaired) electrons. The van der Waals surface area contributed by atoms with Gasteiger partial charge in [-0.1, -0.05) is 0 Å². The van der Waals surface area contributed by atoms with Crippen LogP contribution in [0.3, 0.4) is 0 Å². The fraction of sp³-hybridized carbons (Fsp3) is 0.125. The Balaban J connectivity index is 1.98. The van der Waals surface area contributed by atoms with E-state index < -0.39 is 4.92 Å². The lowest BCUT2D eigenvalue weighted by Gasteiger charge is -2.01. The average molecular weight is 220 g/mol. The summed E-state index contributed by atoms with van der Waals surface area (Å²) in [6.07, 6.45) is 3.94. The molecule has 2 rings (SSSR count). The van der Waals surface area contributed by atoms with Crippen molar-refractivity contribution in [3.05, 3.63) is 40.5 Å². The van der Waals surface area contributed by atoms with Crippen LogP contribution in [0.4, 0.5) is 11.6 Å². The van der Waals surface area contributed by atoms with Crippen molar-refractivity contribution in [2.75, 3.05) is 5.32 Å². The molecule has 0 aliphatic heterocycles. The molecule has 0 fully saturated rings. The molecule has 2 heterocycles. The topological polar surface area (TPSA) is 110 Å². The fourth-order valence-corrected chi connectivity index (χ4v) is 1.06. The third-order valence-corrected chi connectivity index (χ3v) is 1.84. The second kappa shape index (κ2) is 4.34. The summed E-state index contributed by atoms with van der Waals surface area (Å²) in [4.78, 5) is 17.4. The summed E-state index contributed by atoms with van der Waals surface area (Å²) < 4.78 is 0. The minimum atomic E-state index is -0.543. The Labute approximate surface area is 89.9 Å². The predicted octanol–water partition coefficient (Wildman–Crippen LogP) is 0.720. The molecule has 0 aliphatic carbocycles. The zero-order valence-corrected chi connectivity index (χ0v) is 8.12. The number of nitrogens with zero attached hydrogens (tertiary/aromatic N) is 4. The van der Waals surface area contributed by atoms with Crippen LogP contribution in [-0.2, 0) is 6.54 Å². The molecule has 2 aromatic heterocycles. The number of aromatic nitrogens is 4. The number of hydrogen-bond acceptors (Lipinski definition) is 6. The summed E-state index contributed by atoms with van der Waals surface area (Å²) in [5.74, 6) is 0.334. The highest BCUT2D eigenvalue weighted by molar-refractivity contribution is 5.30. The lowest BCUT2D eigenvalue weighted by molar-refractivity contribution is -0.385. The van der Waals surface area contributed by atoms with E-state index >= 15 is 0 Å². The maximum atomic E-state index is 10.3. The molecule has 0 unspecified atom stereocenters. The number of nitrogens with one attached hydrogen (secondary N) is 2. The van der Waals surface area contributed by atoms with Gasteiger partial charge in [0, 0.05) is 6.20 Å². The smallest absolute Gasteiger partial charge is 0.305 e. The second-order valence-corrected chi connectivity index (χ2v) is 2.96. The first-order chi connectivity index (χ1) is 7.75. The Hall–Kier alpha value is -2.51. The van der Waals surface area contributed by atoms with Gasteiger partial charge in [0.05, 0.1) is 17.2 Å². The van der Waals surface area contributed by atoms with Crippen molar-refractivity contribution in [3.63, 3.8) is 0 Å². The molecule has 0 saturated heterocycles. The van der Waals surface area contributed by atoms with Gasteiger partial charge in [-0.25, -0.2) is 9.97 Å². The summed E-state index contributed by atoms with van der Waals surface area (Å²) in [5.41, 5.74) is 0.744. The maximum absolute atomic E-state index is 10.3. The molecule has 0 bridgehead atoms. The van der Waals surface area contributed by atoms with E-state index in [0.29, 0.717) is 12.5 Å². The van der Waals surface area contributed by atoms with Crippen molar-refractivity contribution in [2.45, 2.75) is 6.54 Å². The number of H-pyrrole nitrogens is 1. The van der Waals surface area contributed by atoms with E-state index in [4.69, 9.17) is 0 Å². The quantitative estimate of drug-likeness (QED) is 0.580. The lowest BCUT2D eigenvalue weighted by atomic mass is 10.4. The Morgan fingerprint density at radius 1 is 1.44 bits per heavy atom. The lowest BCUT2D eigenvalue weighted by Crippen LogP contribution is -2.04. The third kappa shape index (κ3) is 2.29. The van der Waals surface area contributed by atoms with Gasteiger partial charge in [0.15, 0.2) is 0 Å². The number of aromatic amines is 1. The van der Waals surface area contributed by atoms with Crippen LogP contribution in [0.25, 0.3) is 0 Å². The van der Waals surface area contributed by atoms with Crippen LogP contribution in [0.15, 0.2) is 24.7 Å². The van der Waals surface area contributed by atoms with Crippen LogP contribution in [0.1, 0.15) is 5.69 Å². The van der Waals surface area contributed by atoms with E-state index in [1.807, 2.05) is 0 Å². The Morgan fingerprint density at radius 2 is 2.19 bits per heavy atom. The van der Waals surface area contributed by atoms with E-state index in [-0.39, 0.29) is 5.69 Å². The van der Waals surface area contributed by atoms with Gasteiger partial charge >= 0.3 is 5.69 Å². The van der Waals surface area contributed by atoms with Gasteiger partial charge < -0.3 is 5.32 Å². The fourth-order valence-electron chi connectivity index (χ4n) is 1.06. The van der Waals surface area contributed by atoms with Crippen molar-refractivity contribution in [1.29, 1.82) is 0 Å². The Kier molecular flexibility index (Phi) is 2.72. The molecule has 8 nitrogen and oxygen atoms in total. The summed E-state index contributed by atoms with van der Waals surface area (Å²) in [6, 6.07) is 1.80. The van der Waals surface area contributed by atoms with Crippen molar-refractivity contribution in [2.24, 2.45) is 0 Å². The summed E-state index contributed by atoms with van der Waals surface area (Å²) in [6.45, 7) is 0.484. The van der Waals surface area contributed by atoms with Gasteiger partial charge in [0.1, 0.15) is 12.4 Å². The highest BCUT2D eigenvalue weighted by Crippen LogP contribution is 2.08. The first-order valence-corrected chi connectivity index (χ1v) is 4.44. The highest BCUT2D eigenvalue weighted by atomic mass is 16.6. The molecule has 0 aromatic carbocycles. The maximum Gasteiger partial charge on any atom is 0.305 e. The number of hydrogen-bond donors (Lipinski definition) is 2. The largest absolute Gasteiger partial charge is 0.349 e. The van der Waals surface area contributed by atoms with Gasteiger partial charge in [-0.05, 0) is 6.07 Å². The molecule has 16 heavy (non-hydrogen) atoms. The van der Waals surface area contributed by atoms with Gasteiger partial charge in [-0.15, -0.1) is 0 Å². The van der Waals surface area contributed by atoms with Crippen LogP contribution in [0, 0.1) is 10.1 Å². The normalized spacial score (nSPS) is 10.0. The number of nitro groups is 1. The zero-order valence-electron chi connectivity index (χ0n) is 8.12. The van der Waals surface area contributed by atoms with E-state index in [0.717, 1.165) is 18.1 Å².